The molecule has 0 bridgehead atoms. The summed E-state index contributed by atoms with van der Waals surface area (Å²) in [6, 6.07) is 8.32. The molecule has 0 saturated heterocycles. The van der Waals surface area contributed by atoms with Crippen molar-refractivity contribution in [1.29, 1.82) is 0 Å². The molecule has 1 unspecified atom stereocenters. The number of hydrogen-bond donors (Lipinski definition) is 4. The lowest BCUT2D eigenvalue weighted by Crippen LogP contribution is -2.57. The number of rotatable bonds is 8. The number of carbonyl (C=O) groups excluding carboxylic acids is 2. The highest BCUT2D eigenvalue weighted by Crippen LogP contribution is 2.46. The first-order valence-corrected chi connectivity index (χ1v) is 9.19. The number of hydrogen-bond acceptors (Lipinski definition) is 4. The number of amides is 2. The van der Waals surface area contributed by atoms with Crippen LogP contribution < -0.4 is 16.4 Å². The summed E-state index contributed by atoms with van der Waals surface area (Å²) in [4.78, 5) is 34.4. The number of carboxylic acid groups (broad SMARTS) is 1. The molecular weight excluding hydrogens is 479 g/mol. The van der Waals surface area contributed by atoms with E-state index in [1.54, 1.807) is 0 Å². The van der Waals surface area contributed by atoms with Crippen molar-refractivity contribution < 1.29 is 50.2 Å². The van der Waals surface area contributed by atoms with Crippen molar-refractivity contribution in [3.8, 4) is 0 Å². The minimum absolute atomic E-state index is 0.00522. The quantitative estimate of drug-likeness (QED) is 0.417. The number of alkyl halides is 7. The van der Waals surface area contributed by atoms with Crippen LogP contribution in [-0.2, 0) is 16.0 Å². The van der Waals surface area contributed by atoms with Gasteiger partial charge in [0.1, 0.15) is 0 Å². The van der Waals surface area contributed by atoms with Crippen LogP contribution in [0.15, 0.2) is 48.5 Å². The molecule has 0 spiro atoms. The lowest BCUT2D eigenvalue weighted by atomic mass is 10.0. The van der Waals surface area contributed by atoms with Gasteiger partial charge in [-0.05, 0) is 48.4 Å². The van der Waals surface area contributed by atoms with Crippen LogP contribution in [0.3, 0.4) is 0 Å². The van der Waals surface area contributed by atoms with E-state index < -0.39 is 47.5 Å². The zero-order valence-corrected chi connectivity index (χ0v) is 16.8. The molecule has 0 aliphatic carbocycles. The SMILES string of the molecule is NC(Cc1ccc(NC(=O)C(F)(F)C(F)(F)C(F)(F)F)cc1)C(=O)Nc1ccc(C(=O)O)cc1. The van der Waals surface area contributed by atoms with Crippen molar-refractivity contribution in [2.24, 2.45) is 5.73 Å². The van der Waals surface area contributed by atoms with Gasteiger partial charge in [0.05, 0.1) is 11.6 Å². The third-order valence-electron chi connectivity index (χ3n) is 4.44. The number of anilines is 2. The molecule has 2 rings (SSSR count). The van der Waals surface area contributed by atoms with Crippen LogP contribution in [0.25, 0.3) is 0 Å². The van der Waals surface area contributed by atoms with E-state index in [1.165, 1.54) is 41.7 Å². The first-order chi connectivity index (χ1) is 15.6. The van der Waals surface area contributed by atoms with Gasteiger partial charge in [-0.15, -0.1) is 0 Å². The molecule has 7 nitrogen and oxygen atoms in total. The standard InChI is InChI=1S/C20H16F7N3O4/c21-18(22,19(23,24)20(25,26)27)17(34)30-13-5-1-10(2-6-13)9-14(28)15(31)29-12-7-3-11(4-8-12)16(32)33/h1-8,14H,9,28H2,(H,29,31)(H,30,34)(H,32,33). The molecule has 0 aliphatic heterocycles. The maximum Gasteiger partial charge on any atom is 0.460 e. The first-order valence-electron chi connectivity index (χ1n) is 9.19. The normalized spacial score (nSPS) is 13.2. The van der Waals surface area contributed by atoms with Crippen LogP contribution in [0.2, 0.25) is 0 Å². The number of benzene rings is 2. The van der Waals surface area contributed by atoms with E-state index in [-0.39, 0.29) is 17.7 Å². The maximum absolute atomic E-state index is 13.4. The number of nitrogens with one attached hydrogen (secondary N) is 2. The largest absolute Gasteiger partial charge is 0.478 e. The van der Waals surface area contributed by atoms with E-state index in [1.807, 2.05) is 0 Å². The second kappa shape index (κ2) is 9.67. The van der Waals surface area contributed by atoms with Crippen molar-refractivity contribution in [3.63, 3.8) is 0 Å². The number of aromatic carboxylic acids is 1. The Labute approximate surface area is 186 Å². The molecule has 2 aromatic rings. The zero-order valence-electron chi connectivity index (χ0n) is 16.8. The Bertz CT molecular complexity index is 1060. The highest BCUT2D eigenvalue weighted by Gasteiger charge is 2.76. The molecule has 0 aliphatic rings. The summed E-state index contributed by atoms with van der Waals surface area (Å²) in [5.41, 5.74) is 5.88. The van der Waals surface area contributed by atoms with Gasteiger partial charge >= 0.3 is 29.9 Å². The fourth-order valence-corrected chi connectivity index (χ4v) is 2.53. The molecule has 14 heteroatoms. The molecular formula is C20H16F7N3O4. The van der Waals surface area contributed by atoms with Gasteiger partial charge in [-0.1, -0.05) is 12.1 Å². The lowest BCUT2D eigenvalue weighted by molar-refractivity contribution is -0.343. The Morgan fingerprint density at radius 2 is 1.29 bits per heavy atom. The van der Waals surface area contributed by atoms with E-state index in [0.717, 1.165) is 12.1 Å². The highest BCUT2D eigenvalue weighted by molar-refractivity contribution is 5.97. The third kappa shape index (κ3) is 5.81. The molecule has 2 amide bonds. The van der Waals surface area contributed by atoms with Crippen molar-refractivity contribution >= 4 is 29.2 Å². The van der Waals surface area contributed by atoms with Gasteiger partial charge < -0.3 is 21.5 Å². The summed E-state index contributed by atoms with van der Waals surface area (Å²) < 4.78 is 89.2. The van der Waals surface area contributed by atoms with Crippen LogP contribution in [0.4, 0.5) is 42.1 Å². The minimum Gasteiger partial charge on any atom is -0.478 e. The van der Waals surface area contributed by atoms with E-state index in [0.29, 0.717) is 5.56 Å². The summed E-state index contributed by atoms with van der Waals surface area (Å²) in [5.74, 6) is -17.3. The lowest BCUT2D eigenvalue weighted by Gasteiger charge is -2.27. The van der Waals surface area contributed by atoms with Crippen LogP contribution in [0.5, 0.6) is 0 Å². The summed E-state index contributed by atoms with van der Waals surface area (Å²) in [5, 5.41) is 12.6. The second-order valence-electron chi connectivity index (χ2n) is 6.98. The van der Waals surface area contributed by atoms with Crippen molar-refractivity contribution in [3.05, 3.63) is 59.7 Å². The predicted molar refractivity (Wildman–Crippen MR) is 105 cm³/mol. The minimum atomic E-state index is -6.65. The Morgan fingerprint density at radius 3 is 1.76 bits per heavy atom. The van der Waals surface area contributed by atoms with E-state index >= 15 is 0 Å². The Balaban J connectivity index is 1.99. The molecule has 0 saturated carbocycles. The molecule has 34 heavy (non-hydrogen) atoms. The molecule has 1 atom stereocenters. The number of carboxylic acids is 1. The smallest absolute Gasteiger partial charge is 0.460 e. The van der Waals surface area contributed by atoms with Crippen LogP contribution in [0, 0.1) is 0 Å². The first kappa shape index (κ1) is 26.6. The number of nitrogens with two attached hydrogens (primary N) is 1. The zero-order chi connectivity index (χ0) is 25.9. The number of halogens is 7. The van der Waals surface area contributed by atoms with Crippen molar-refractivity contribution in [1.82, 2.24) is 0 Å². The van der Waals surface area contributed by atoms with E-state index in [2.05, 4.69) is 5.32 Å². The van der Waals surface area contributed by atoms with Gasteiger partial charge in [0.2, 0.25) is 5.91 Å². The summed E-state index contributed by atoms with van der Waals surface area (Å²) in [6.07, 6.45) is -6.75. The molecule has 184 valence electrons. The fraction of sp³-hybridized carbons (Fsp3) is 0.250. The van der Waals surface area contributed by atoms with Gasteiger partial charge in [-0.25, -0.2) is 4.79 Å². The second-order valence-corrected chi connectivity index (χ2v) is 6.98. The van der Waals surface area contributed by atoms with Crippen molar-refractivity contribution in [2.45, 2.75) is 30.5 Å². The Hall–Kier alpha value is -3.68. The number of carbonyl (C=O) groups is 3. The molecule has 0 heterocycles. The van der Waals surface area contributed by atoms with Crippen molar-refractivity contribution in [2.75, 3.05) is 10.6 Å². The summed E-state index contributed by atoms with van der Waals surface area (Å²) >= 11 is 0. The average Bonchev–Trinajstić information content (AvgIpc) is 2.74. The van der Waals surface area contributed by atoms with E-state index in [9.17, 15) is 45.1 Å². The average molecular weight is 495 g/mol. The predicted octanol–water partition coefficient (Wildman–Crippen LogP) is 3.66. The van der Waals surface area contributed by atoms with Crippen LogP contribution in [-0.4, -0.2) is 47.0 Å². The van der Waals surface area contributed by atoms with Crippen LogP contribution in [0.1, 0.15) is 15.9 Å². The summed E-state index contributed by atoms with van der Waals surface area (Å²) in [7, 11) is 0. The van der Waals surface area contributed by atoms with Gasteiger partial charge in [0.25, 0.3) is 0 Å². The molecule has 5 N–H and O–H groups in total. The van der Waals surface area contributed by atoms with Crippen LogP contribution >= 0.6 is 0 Å². The molecule has 0 aromatic heterocycles. The van der Waals surface area contributed by atoms with Gasteiger partial charge in [-0.2, -0.15) is 30.7 Å². The fourth-order valence-electron chi connectivity index (χ4n) is 2.53. The van der Waals surface area contributed by atoms with E-state index in [4.69, 9.17) is 10.8 Å². The topological polar surface area (TPSA) is 122 Å². The monoisotopic (exact) mass is 495 g/mol. The molecule has 0 radical (unpaired) electrons. The van der Waals surface area contributed by atoms with Gasteiger partial charge in [0.15, 0.2) is 0 Å². The Morgan fingerprint density at radius 1 is 0.824 bits per heavy atom. The maximum atomic E-state index is 13.4. The molecule has 0 fully saturated rings. The van der Waals surface area contributed by atoms with Gasteiger partial charge in [-0.3, -0.25) is 9.59 Å². The van der Waals surface area contributed by atoms with Gasteiger partial charge in [0, 0.05) is 11.4 Å². The highest BCUT2D eigenvalue weighted by atomic mass is 19.4. The molecule has 2 aromatic carbocycles. The Kier molecular flexibility index (Phi) is 7.56. The summed E-state index contributed by atoms with van der Waals surface area (Å²) in [6.45, 7) is 0. The third-order valence-corrected chi connectivity index (χ3v) is 4.44.